The van der Waals surface area contributed by atoms with E-state index < -0.39 is 6.36 Å². The summed E-state index contributed by atoms with van der Waals surface area (Å²) in [4.78, 5) is 4.49. The summed E-state index contributed by atoms with van der Waals surface area (Å²) < 4.78 is 43.6. The summed E-state index contributed by atoms with van der Waals surface area (Å²) in [7, 11) is 1.90. The quantitative estimate of drug-likeness (QED) is 0.520. The van der Waals surface area contributed by atoms with Crippen molar-refractivity contribution in [2.24, 2.45) is 7.05 Å². The molecule has 2 aromatic carbocycles. The summed E-state index contributed by atoms with van der Waals surface area (Å²) in [5.41, 5.74) is 3.32. The molecule has 0 saturated carbocycles. The number of aromatic nitrogens is 2. The summed E-state index contributed by atoms with van der Waals surface area (Å²) in [5.74, 6) is 0.595. The Morgan fingerprint density at radius 2 is 1.91 bits per heavy atom. The Labute approximate surface area is 124 Å². The van der Waals surface area contributed by atoms with Crippen LogP contribution in [0.2, 0.25) is 0 Å². The largest absolute Gasteiger partial charge is 0.573 e. The van der Waals surface area contributed by atoms with Crippen LogP contribution in [0.4, 0.5) is 13.2 Å². The minimum atomic E-state index is -4.71. The SMILES string of the molecule is Cc1nc2c(n1C)-c1cccc3cc(OC(F)(F)F)cc-2c13. The fourth-order valence-electron chi connectivity index (χ4n) is 3.08. The van der Waals surface area contributed by atoms with E-state index in [1.54, 1.807) is 6.07 Å². The third-order valence-electron chi connectivity index (χ3n) is 4.01. The first kappa shape index (κ1) is 13.2. The molecule has 0 bridgehead atoms. The van der Waals surface area contributed by atoms with E-state index >= 15 is 0 Å². The van der Waals surface area contributed by atoms with Gasteiger partial charge in [0.15, 0.2) is 0 Å². The van der Waals surface area contributed by atoms with Crippen LogP contribution in [0.1, 0.15) is 5.82 Å². The molecule has 1 aliphatic rings. The van der Waals surface area contributed by atoms with Crippen molar-refractivity contribution in [1.29, 1.82) is 0 Å². The van der Waals surface area contributed by atoms with Crippen molar-refractivity contribution in [3.8, 4) is 28.3 Å². The van der Waals surface area contributed by atoms with Crippen LogP contribution in [-0.4, -0.2) is 15.9 Å². The number of rotatable bonds is 1. The Morgan fingerprint density at radius 3 is 2.64 bits per heavy atom. The molecule has 6 heteroatoms. The molecule has 0 spiro atoms. The predicted octanol–water partition coefficient (Wildman–Crippen LogP) is 4.43. The zero-order valence-corrected chi connectivity index (χ0v) is 11.8. The molecule has 0 aliphatic heterocycles. The number of hydrogen-bond donors (Lipinski definition) is 0. The molecule has 4 rings (SSSR count). The van der Waals surface area contributed by atoms with Crippen molar-refractivity contribution in [3.63, 3.8) is 0 Å². The Bertz CT molecular complexity index is 925. The van der Waals surface area contributed by atoms with Crippen LogP contribution in [0.25, 0.3) is 33.3 Å². The fraction of sp³-hybridized carbons (Fsp3) is 0.188. The monoisotopic (exact) mass is 304 g/mol. The van der Waals surface area contributed by atoms with Gasteiger partial charge >= 0.3 is 6.36 Å². The molecule has 0 atom stereocenters. The van der Waals surface area contributed by atoms with Crippen LogP contribution in [0.5, 0.6) is 5.75 Å². The highest BCUT2D eigenvalue weighted by Gasteiger charge is 2.33. The first-order valence-corrected chi connectivity index (χ1v) is 6.72. The van der Waals surface area contributed by atoms with Gasteiger partial charge in [0, 0.05) is 23.6 Å². The average Bonchev–Trinajstić information content (AvgIpc) is 2.87. The van der Waals surface area contributed by atoms with Gasteiger partial charge in [0.25, 0.3) is 0 Å². The van der Waals surface area contributed by atoms with Gasteiger partial charge in [-0.25, -0.2) is 4.98 Å². The van der Waals surface area contributed by atoms with E-state index in [0.717, 1.165) is 22.5 Å². The summed E-state index contributed by atoms with van der Waals surface area (Å²) in [6.07, 6.45) is -4.71. The molecule has 3 nitrogen and oxygen atoms in total. The molecule has 1 aliphatic carbocycles. The summed E-state index contributed by atoms with van der Waals surface area (Å²) in [6.45, 7) is 1.87. The van der Waals surface area contributed by atoms with Gasteiger partial charge in [0.1, 0.15) is 11.6 Å². The third kappa shape index (κ3) is 1.73. The van der Waals surface area contributed by atoms with Crippen molar-refractivity contribution >= 4 is 10.8 Å². The minimum absolute atomic E-state index is 0.219. The zero-order valence-electron chi connectivity index (χ0n) is 11.8. The lowest BCUT2D eigenvalue weighted by atomic mass is 10.0. The van der Waals surface area contributed by atoms with E-state index in [0.29, 0.717) is 16.6 Å². The van der Waals surface area contributed by atoms with Crippen LogP contribution >= 0.6 is 0 Å². The molecule has 0 saturated heterocycles. The molecule has 0 radical (unpaired) electrons. The van der Waals surface area contributed by atoms with Gasteiger partial charge in [-0.2, -0.15) is 0 Å². The molecule has 0 unspecified atom stereocenters. The molecule has 22 heavy (non-hydrogen) atoms. The van der Waals surface area contributed by atoms with E-state index in [2.05, 4.69) is 9.72 Å². The molecule has 112 valence electrons. The lowest BCUT2D eigenvalue weighted by Gasteiger charge is -2.11. The molecule has 1 heterocycles. The predicted molar refractivity (Wildman–Crippen MR) is 76.6 cm³/mol. The van der Waals surface area contributed by atoms with Crippen molar-refractivity contribution in [1.82, 2.24) is 9.55 Å². The first-order valence-electron chi connectivity index (χ1n) is 6.72. The van der Waals surface area contributed by atoms with Crippen LogP contribution < -0.4 is 4.74 Å². The Balaban J connectivity index is 2.03. The third-order valence-corrected chi connectivity index (χ3v) is 4.01. The second-order valence-corrected chi connectivity index (χ2v) is 5.34. The Hall–Kier alpha value is -2.50. The lowest BCUT2D eigenvalue weighted by molar-refractivity contribution is -0.274. The van der Waals surface area contributed by atoms with Crippen LogP contribution in [0, 0.1) is 6.92 Å². The minimum Gasteiger partial charge on any atom is -0.406 e. The number of alkyl halides is 3. The van der Waals surface area contributed by atoms with E-state index in [-0.39, 0.29) is 5.75 Å². The number of fused-ring (bicyclic) bond motifs is 3. The van der Waals surface area contributed by atoms with Gasteiger partial charge in [0.2, 0.25) is 0 Å². The maximum absolute atomic E-state index is 12.5. The van der Waals surface area contributed by atoms with Gasteiger partial charge < -0.3 is 9.30 Å². The Kier molecular flexibility index (Phi) is 2.41. The first-order chi connectivity index (χ1) is 10.3. The number of ether oxygens (including phenoxy) is 1. The number of benzene rings is 2. The number of nitrogens with zero attached hydrogens (tertiary/aromatic N) is 2. The second kappa shape index (κ2) is 4.03. The summed E-state index contributed by atoms with van der Waals surface area (Å²) in [6, 6.07) is 8.40. The summed E-state index contributed by atoms with van der Waals surface area (Å²) in [5, 5.41) is 1.63. The van der Waals surface area contributed by atoms with Crippen LogP contribution in [0.3, 0.4) is 0 Å². The van der Waals surface area contributed by atoms with E-state index in [4.69, 9.17) is 0 Å². The smallest absolute Gasteiger partial charge is 0.406 e. The number of aryl methyl sites for hydroxylation is 1. The molecular weight excluding hydrogens is 293 g/mol. The molecule has 0 N–H and O–H groups in total. The molecule has 0 fully saturated rings. The lowest BCUT2D eigenvalue weighted by Crippen LogP contribution is -2.17. The van der Waals surface area contributed by atoms with Crippen molar-refractivity contribution in [2.45, 2.75) is 13.3 Å². The number of hydrogen-bond acceptors (Lipinski definition) is 2. The summed E-state index contributed by atoms with van der Waals surface area (Å²) >= 11 is 0. The molecular formula is C16H11F3N2O. The second-order valence-electron chi connectivity index (χ2n) is 5.34. The molecule has 1 aromatic heterocycles. The van der Waals surface area contributed by atoms with Gasteiger partial charge in [-0.1, -0.05) is 18.2 Å². The van der Waals surface area contributed by atoms with Gasteiger partial charge in [-0.15, -0.1) is 13.2 Å². The average molecular weight is 304 g/mol. The number of halogens is 3. The molecule has 0 amide bonds. The standard InChI is InChI=1S/C16H11F3N2O/c1-8-20-14-12-7-10(22-16(17,18)19)6-9-4-3-5-11(13(9)12)15(14)21(8)2/h3-7H,1-2H3. The maximum Gasteiger partial charge on any atom is 0.573 e. The highest BCUT2D eigenvalue weighted by atomic mass is 19.4. The zero-order chi connectivity index (χ0) is 15.6. The van der Waals surface area contributed by atoms with E-state index in [9.17, 15) is 13.2 Å². The van der Waals surface area contributed by atoms with Gasteiger partial charge in [-0.3, -0.25) is 0 Å². The van der Waals surface area contributed by atoms with E-state index in [1.165, 1.54) is 12.1 Å². The number of imidazole rings is 1. The topological polar surface area (TPSA) is 27.1 Å². The normalized spacial score (nSPS) is 12.8. The maximum atomic E-state index is 12.5. The highest BCUT2D eigenvalue weighted by molar-refractivity contribution is 6.14. The van der Waals surface area contributed by atoms with Gasteiger partial charge in [0.05, 0.1) is 11.4 Å². The van der Waals surface area contributed by atoms with Crippen molar-refractivity contribution in [3.05, 3.63) is 36.2 Å². The van der Waals surface area contributed by atoms with Crippen LogP contribution in [-0.2, 0) is 7.05 Å². The molecule has 3 aromatic rings. The highest BCUT2D eigenvalue weighted by Crippen LogP contribution is 2.48. The van der Waals surface area contributed by atoms with Gasteiger partial charge in [-0.05, 0) is 24.4 Å². The van der Waals surface area contributed by atoms with Crippen molar-refractivity contribution < 1.29 is 17.9 Å². The van der Waals surface area contributed by atoms with E-state index in [1.807, 2.05) is 30.7 Å². The Morgan fingerprint density at radius 1 is 1.14 bits per heavy atom. The van der Waals surface area contributed by atoms with Crippen molar-refractivity contribution in [2.75, 3.05) is 0 Å². The fourth-order valence-corrected chi connectivity index (χ4v) is 3.08. The van der Waals surface area contributed by atoms with Crippen LogP contribution in [0.15, 0.2) is 30.3 Å².